The second kappa shape index (κ2) is 7.61. The van der Waals surface area contributed by atoms with Crippen LogP contribution in [0.15, 0.2) is 36.5 Å². The fraction of sp³-hybridized carbons (Fsp3) is 0.375. The van der Waals surface area contributed by atoms with Crippen LogP contribution < -0.4 is 10.1 Å². The lowest BCUT2D eigenvalue weighted by molar-refractivity contribution is 0.0905. The summed E-state index contributed by atoms with van der Waals surface area (Å²) in [5.74, 6) is 0.473. The fourth-order valence-corrected chi connectivity index (χ4v) is 2.06. The molecular weight excluding hydrogens is 282 g/mol. The Morgan fingerprint density at radius 1 is 1.36 bits per heavy atom. The Bertz CT molecular complexity index is 607. The molecule has 1 amide bonds. The quantitative estimate of drug-likeness (QED) is 0.817. The molecule has 1 aromatic carbocycles. The number of nitrogens with zero attached hydrogens (tertiary/aromatic N) is 2. The first kappa shape index (κ1) is 16.0. The van der Waals surface area contributed by atoms with Gasteiger partial charge < -0.3 is 15.2 Å². The van der Waals surface area contributed by atoms with E-state index in [0.717, 1.165) is 17.9 Å². The second-order valence-corrected chi connectivity index (χ2v) is 5.00. The smallest absolute Gasteiger partial charge is 0.271 e. The van der Waals surface area contributed by atoms with Gasteiger partial charge in [-0.1, -0.05) is 13.3 Å². The summed E-state index contributed by atoms with van der Waals surface area (Å²) in [5, 5.41) is 16.5. The van der Waals surface area contributed by atoms with E-state index >= 15 is 0 Å². The number of hydrogen-bond acceptors (Lipinski definition) is 4. The van der Waals surface area contributed by atoms with Crippen LogP contribution in [-0.2, 0) is 0 Å². The molecule has 0 fully saturated rings. The van der Waals surface area contributed by atoms with Crippen LogP contribution in [0.1, 0.15) is 30.3 Å². The summed E-state index contributed by atoms with van der Waals surface area (Å²) in [5.41, 5.74) is 1.16. The van der Waals surface area contributed by atoms with Crippen molar-refractivity contribution in [2.75, 3.05) is 13.7 Å². The Hall–Kier alpha value is -2.34. The highest BCUT2D eigenvalue weighted by Gasteiger charge is 2.11. The van der Waals surface area contributed by atoms with Gasteiger partial charge in [0.2, 0.25) is 0 Å². The third kappa shape index (κ3) is 4.08. The van der Waals surface area contributed by atoms with E-state index in [9.17, 15) is 9.90 Å². The van der Waals surface area contributed by atoms with Gasteiger partial charge in [0, 0.05) is 12.7 Å². The van der Waals surface area contributed by atoms with Crippen molar-refractivity contribution in [3.8, 4) is 11.4 Å². The van der Waals surface area contributed by atoms with Gasteiger partial charge in [0.15, 0.2) is 5.69 Å². The van der Waals surface area contributed by atoms with Gasteiger partial charge >= 0.3 is 0 Å². The Balaban J connectivity index is 1.99. The van der Waals surface area contributed by atoms with E-state index in [1.165, 1.54) is 0 Å². The molecule has 2 rings (SSSR count). The molecule has 0 aliphatic heterocycles. The molecular formula is C16H21N3O3. The standard InChI is InChI=1S/C16H21N3O3/c1-3-4-13(20)11-17-16(21)15-9-10-19(18-15)12-5-7-14(22-2)8-6-12/h5-10,13,20H,3-4,11H2,1-2H3,(H,17,21). The summed E-state index contributed by atoms with van der Waals surface area (Å²) in [4.78, 5) is 12.0. The molecule has 6 heteroatoms. The lowest BCUT2D eigenvalue weighted by Gasteiger charge is -2.09. The minimum atomic E-state index is -0.516. The second-order valence-electron chi connectivity index (χ2n) is 5.00. The molecule has 2 N–H and O–H groups in total. The maximum atomic E-state index is 12.0. The highest BCUT2D eigenvalue weighted by atomic mass is 16.5. The third-order valence-corrected chi connectivity index (χ3v) is 3.28. The Labute approximate surface area is 129 Å². The van der Waals surface area contributed by atoms with Crippen molar-refractivity contribution >= 4 is 5.91 Å². The van der Waals surface area contributed by atoms with Gasteiger partial charge in [0.1, 0.15) is 5.75 Å². The lowest BCUT2D eigenvalue weighted by Crippen LogP contribution is -2.32. The summed E-state index contributed by atoms with van der Waals surface area (Å²) in [6.07, 6.45) is 2.75. The number of aliphatic hydroxyl groups is 1. The van der Waals surface area contributed by atoms with Gasteiger partial charge in [-0.2, -0.15) is 5.10 Å². The molecule has 1 atom stereocenters. The molecule has 0 radical (unpaired) electrons. The zero-order valence-corrected chi connectivity index (χ0v) is 12.8. The van der Waals surface area contributed by atoms with Gasteiger partial charge in [0.05, 0.1) is 18.9 Å². The Kier molecular flexibility index (Phi) is 5.55. The SMILES string of the molecule is CCCC(O)CNC(=O)c1ccn(-c2ccc(OC)cc2)n1. The monoisotopic (exact) mass is 303 g/mol. The number of carbonyl (C=O) groups excluding carboxylic acids is 1. The number of benzene rings is 1. The third-order valence-electron chi connectivity index (χ3n) is 3.28. The van der Waals surface area contributed by atoms with E-state index in [1.807, 2.05) is 31.2 Å². The van der Waals surface area contributed by atoms with E-state index in [4.69, 9.17) is 4.74 Å². The van der Waals surface area contributed by atoms with Crippen LogP contribution in [-0.4, -0.2) is 40.6 Å². The van der Waals surface area contributed by atoms with Gasteiger partial charge in [-0.3, -0.25) is 4.79 Å². The fourth-order valence-electron chi connectivity index (χ4n) is 2.06. The van der Waals surface area contributed by atoms with Crippen molar-refractivity contribution < 1.29 is 14.6 Å². The first-order chi connectivity index (χ1) is 10.6. The zero-order valence-electron chi connectivity index (χ0n) is 12.8. The molecule has 1 heterocycles. The molecule has 0 bridgehead atoms. The average Bonchev–Trinajstić information content (AvgIpc) is 3.03. The van der Waals surface area contributed by atoms with Gasteiger partial charge in [0.25, 0.3) is 5.91 Å². The van der Waals surface area contributed by atoms with Crippen LogP contribution in [0, 0.1) is 0 Å². The van der Waals surface area contributed by atoms with Crippen LogP contribution in [0.4, 0.5) is 0 Å². The van der Waals surface area contributed by atoms with Gasteiger partial charge in [-0.05, 0) is 36.8 Å². The number of nitrogens with one attached hydrogen (secondary N) is 1. The number of methoxy groups -OCH3 is 1. The highest BCUT2D eigenvalue weighted by Crippen LogP contribution is 2.14. The van der Waals surface area contributed by atoms with Crippen molar-refractivity contribution in [3.05, 3.63) is 42.2 Å². The predicted molar refractivity (Wildman–Crippen MR) is 83.4 cm³/mol. The van der Waals surface area contributed by atoms with Crippen molar-refractivity contribution in [2.24, 2.45) is 0 Å². The Morgan fingerprint density at radius 3 is 2.73 bits per heavy atom. The summed E-state index contributed by atoms with van der Waals surface area (Å²) in [6, 6.07) is 9.03. The number of carbonyl (C=O) groups is 1. The summed E-state index contributed by atoms with van der Waals surface area (Å²) in [6.45, 7) is 2.23. The van der Waals surface area contributed by atoms with Crippen molar-refractivity contribution in [1.29, 1.82) is 0 Å². The summed E-state index contributed by atoms with van der Waals surface area (Å²) in [7, 11) is 1.61. The predicted octanol–water partition coefficient (Wildman–Crippen LogP) is 1.77. The van der Waals surface area contributed by atoms with Crippen molar-refractivity contribution in [3.63, 3.8) is 0 Å². The van der Waals surface area contributed by atoms with Gasteiger partial charge in [-0.25, -0.2) is 4.68 Å². The number of aliphatic hydroxyl groups excluding tert-OH is 1. The number of rotatable bonds is 7. The molecule has 0 spiro atoms. The van der Waals surface area contributed by atoms with Crippen LogP contribution in [0.5, 0.6) is 5.75 Å². The summed E-state index contributed by atoms with van der Waals surface area (Å²) >= 11 is 0. The van der Waals surface area contributed by atoms with Crippen LogP contribution >= 0.6 is 0 Å². The normalized spacial score (nSPS) is 12.0. The molecule has 2 aromatic rings. The van der Waals surface area contributed by atoms with E-state index in [2.05, 4.69) is 10.4 Å². The molecule has 1 unspecified atom stereocenters. The number of hydrogen-bond donors (Lipinski definition) is 2. The lowest BCUT2D eigenvalue weighted by atomic mass is 10.2. The largest absolute Gasteiger partial charge is 0.497 e. The van der Waals surface area contributed by atoms with E-state index < -0.39 is 6.10 Å². The molecule has 0 aliphatic rings. The van der Waals surface area contributed by atoms with E-state index in [0.29, 0.717) is 12.1 Å². The summed E-state index contributed by atoms with van der Waals surface area (Å²) < 4.78 is 6.73. The maximum absolute atomic E-state index is 12.0. The molecule has 0 aliphatic carbocycles. The van der Waals surface area contributed by atoms with Crippen molar-refractivity contribution in [2.45, 2.75) is 25.9 Å². The maximum Gasteiger partial charge on any atom is 0.271 e. The molecule has 118 valence electrons. The van der Waals surface area contributed by atoms with Crippen LogP contribution in [0.25, 0.3) is 5.69 Å². The van der Waals surface area contributed by atoms with E-state index in [1.54, 1.807) is 24.1 Å². The molecule has 6 nitrogen and oxygen atoms in total. The molecule has 22 heavy (non-hydrogen) atoms. The van der Waals surface area contributed by atoms with Crippen LogP contribution in [0.2, 0.25) is 0 Å². The minimum absolute atomic E-state index is 0.238. The van der Waals surface area contributed by atoms with Crippen LogP contribution in [0.3, 0.4) is 0 Å². The first-order valence-electron chi connectivity index (χ1n) is 7.30. The number of amides is 1. The Morgan fingerprint density at radius 2 is 2.09 bits per heavy atom. The van der Waals surface area contributed by atoms with Gasteiger partial charge in [-0.15, -0.1) is 0 Å². The van der Waals surface area contributed by atoms with Crippen molar-refractivity contribution in [1.82, 2.24) is 15.1 Å². The number of aromatic nitrogens is 2. The van der Waals surface area contributed by atoms with E-state index in [-0.39, 0.29) is 12.5 Å². The molecule has 0 saturated heterocycles. The minimum Gasteiger partial charge on any atom is -0.497 e. The highest BCUT2D eigenvalue weighted by molar-refractivity contribution is 5.92. The molecule has 1 aromatic heterocycles. The zero-order chi connectivity index (χ0) is 15.9. The number of ether oxygens (including phenoxy) is 1. The average molecular weight is 303 g/mol. The topological polar surface area (TPSA) is 76.4 Å². The first-order valence-corrected chi connectivity index (χ1v) is 7.30. The molecule has 0 saturated carbocycles.